The first-order valence-electron chi connectivity index (χ1n) is 5.37. The third-order valence-corrected chi connectivity index (χ3v) is 2.81. The van der Waals surface area contributed by atoms with Gasteiger partial charge in [0, 0.05) is 12.1 Å². The monoisotopic (exact) mass is 196 g/mol. The lowest BCUT2D eigenvalue weighted by molar-refractivity contribution is -0.139. The predicted octanol–water partition coefficient (Wildman–Crippen LogP) is 0.324. The maximum atomic E-state index is 11.3. The second kappa shape index (κ2) is 3.98. The number of nitrogens with one attached hydrogen (secondary N) is 2. The number of amides is 2. The smallest absolute Gasteiger partial charge is 0.309 e. The van der Waals surface area contributed by atoms with Crippen molar-refractivity contribution >= 4 is 11.8 Å². The average molecular weight is 196 g/mol. The Morgan fingerprint density at radius 3 is 1.64 bits per heavy atom. The highest BCUT2D eigenvalue weighted by Crippen LogP contribution is 2.19. The molecule has 2 fully saturated rings. The van der Waals surface area contributed by atoms with Gasteiger partial charge in [-0.2, -0.15) is 0 Å². The Hall–Kier alpha value is -1.06. The Balaban J connectivity index is 1.72. The van der Waals surface area contributed by atoms with Gasteiger partial charge >= 0.3 is 11.8 Å². The molecule has 2 saturated carbocycles. The van der Waals surface area contributed by atoms with E-state index in [4.69, 9.17) is 0 Å². The van der Waals surface area contributed by atoms with Crippen LogP contribution in [0.5, 0.6) is 0 Å². The highest BCUT2D eigenvalue weighted by atomic mass is 16.2. The number of carbonyl (C=O) groups is 2. The molecule has 2 rings (SSSR count). The van der Waals surface area contributed by atoms with Crippen LogP contribution in [0.15, 0.2) is 0 Å². The fourth-order valence-electron chi connectivity index (χ4n) is 1.80. The Bertz CT molecular complexity index is 243. The largest absolute Gasteiger partial charge is 0.345 e. The molecule has 0 bridgehead atoms. The van der Waals surface area contributed by atoms with Crippen molar-refractivity contribution in [2.45, 2.75) is 50.6 Å². The van der Waals surface area contributed by atoms with Crippen LogP contribution in [-0.4, -0.2) is 23.9 Å². The molecule has 0 saturated heterocycles. The summed E-state index contributed by atoms with van der Waals surface area (Å²) < 4.78 is 0. The lowest BCUT2D eigenvalue weighted by Crippen LogP contribution is -2.44. The van der Waals surface area contributed by atoms with Crippen LogP contribution in [0, 0.1) is 0 Å². The van der Waals surface area contributed by atoms with Crippen molar-refractivity contribution in [3.05, 3.63) is 0 Å². The van der Waals surface area contributed by atoms with Crippen molar-refractivity contribution in [2.24, 2.45) is 0 Å². The van der Waals surface area contributed by atoms with E-state index in [2.05, 4.69) is 10.6 Å². The van der Waals surface area contributed by atoms with Crippen LogP contribution >= 0.6 is 0 Å². The average Bonchev–Trinajstić information content (AvgIpc) is 2.81. The molecule has 0 heterocycles. The maximum absolute atomic E-state index is 11.3. The first kappa shape index (κ1) is 9.49. The second-order valence-electron chi connectivity index (χ2n) is 4.20. The second-order valence-corrected chi connectivity index (χ2v) is 4.20. The van der Waals surface area contributed by atoms with Crippen molar-refractivity contribution in [2.75, 3.05) is 0 Å². The van der Waals surface area contributed by atoms with Crippen LogP contribution in [0.3, 0.4) is 0 Å². The molecule has 0 unspecified atom stereocenters. The lowest BCUT2D eigenvalue weighted by atomic mass is 10.2. The Labute approximate surface area is 83.4 Å². The standard InChI is InChI=1S/C10H16N2O2/c13-9(10(14)12-8-5-6-8)11-7-3-1-2-4-7/h7-8H,1-6H2,(H,11,13)(H,12,14). The van der Waals surface area contributed by atoms with Crippen LogP contribution in [0.25, 0.3) is 0 Å². The van der Waals surface area contributed by atoms with Crippen molar-refractivity contribution in [3.63, 3.8) is 0 Å². The molecule has 0 aromatic heterocycles. The van der Waals surface area contributed by atoms with E-state index in [1.807, 2.05) is 0 Å². The van der Waals surface area contributed by atoms with Crippen LogP contribution in [0.1, 0.15) is 38.5 Å². The van der Waals surface area contributed by atoms with Gasteiger partial charge in [-0.1, -0.05) is 12.8 Å². The van der Waals surface area contributed by atoms with Crippen LogP contribution in [-0.2, 0) is 9.59 Å². The van der Waals surface area contributed by atoms with E-state index in [1.165, 1.54) is 0 Å². The van der Waals surface area contributed by atoms with Crippen LogP contribution < -0.4 is 10.6 Å². The molecule has 4 heteroatoms. The van der Waals surface area contributed by atoms with Gasteiger partial charge in [0.25, 0.3) is 0 Å². The van der Waals surface area contributed by atoms with E-state index in [0.29, 0.717) is 0 Å². The van der Waals surface area contributed by atoms with Gasteiger partial charge in [0.15, 0.2) is 0 Å². The van der Waals surface area contributed by atoms with Crippen molar-refractivity contribution in [1.82, 2.24) is 10.6 Å². The summed E-state index contributed by atoms with van der Waals surface area (Å²) in [5.74, 6) is -0.914. The van der Waals surface area contributed by atoms with Crippen LogP contribution in [0.4, 0.5) is 0 Å². The first-order valence-corrected chi connectivity index (χ1v) is 5.37. The molecule has 2 aliphatic carbocycles. The molecular formula is C10H16N2O2. The summed E-state index contributed by atoms with van der Waals surface area (Å²) in [5.41, 5.74) is 0. The minimum Gasteiger partial charge on any atom is -0.345 e. The van der Waals surface area contributed by atoms with E-state index >= 15 is 0 Å². The van der Waals surface area contributed by atoms with Crippen LogP contribution in [0.2, 0.25) is 0 Å². The molecule has 0 atom stereocenters. The zero-order valence-corrected chi connectivity index (χ0v) is 8.21. The van der Waals surface area contributed by atoms with E-state index in [1.54, 1.807) is 0 Å². The van der Waals surface area contributed by atoms with E-state index in [-0.39, 0.29) is 12.1 Å². The highest BCUT2D eigenvalue weighted by molar-refractivity contribution is 6.35. The van der Waals surface area contributed by atoms with E-state index < -0.39 is 11.8 Å². The SMILES string of the molecule is O=C(NC1CCCC1)C(=O)NC1CC1. The van der Waals surface area contributed by atoms with Crippen molar-refractivity contribution in [3.8, 4) is 0 Å². The van der Waals surface area contributed by atoms with Gasteiger partial charge in [-0.05, 0) is 25.7 Å². The first-order chi connectivity index (χ1) is 6.75. The summed E-state index contributed by atoms with van der Waals surface area (Å²) in [6.07, 6.45) is 6.39. The zero-order valence-electron chi connectivity index (χ0n) is 8.21. The minimum absolute atomic E-state index is 0.229. The summed E-state index contributed by atoms with van der Waals surface area (Å²) in [4.78, 5) is 22.6. The lowest BCUT2D eigenvalue weighted by Gasteiger charge is -2.11. The van der Waals surface area contributed by atoms with Gasteiger partial charge in [-0.3, -0.25) is 9.59 Å². The van der Waals surface area contributed by atoms with Gasteiger partial charge in [0.2, 0.25) is 0 Å². The van der Waals surface area contributed by atoms with Crippen molar-refractivity contribution < 1.29 is 9.59 Å². The topological polar surface area (TPSA) is 58.2 Å². The zero-order chi connectivity index (χ0) is 9.97. The number of hydrogen-bond donors (Lipinski definition) is 2. The molecule has 0 radical (unpaired) electrons. The third kappa shape index (κ3) is 2.47. The summed E-state index contributed by atoms with van der Waals surface area (Å²) >= 11 is 0. The van der Waals surface area contributed by atoms with E-state index in [9.17, 15) is 9.59 Å². The molecule has 0 aromatic rings. The predicted molar refractivity (Wildman–Crippen MR) is 51.6 cm³/mol. The van der Waals surface area contributed by atoms with Crippen molar-refractivity contribution in [1.29, 1.82) is 0 Å². The molecule has 2 amide bonds. The quantitative estimate of drug-likeness (QED) is 0.625. The molecule has 4 nitrogen and oxygen atoms in total. The molecule has 0 spiro atoms. The fraction of sp³-hybridized carbons (Fsp3) is 0.800. The van der Waals surface area contributed by atoms with Gasteiger partial charge in [-0.15, -0.1) is 0 Å². The number of rotatable bonds is 2. The summed E-state index contributed by atoms with van der Waals surface area (Å²) in [6, 6.07) is 0.490. The summed E-state index contributed by atoms with van der Waals surface area (Å²) in [5, 5.41) is 5.44. The third-order valence-electron chi connectivity index (χ3n) is 2.81. The van der Waals surface area contributed by atoms with Gasteiger partial charge in [0.05, 0.1) is 0 Å². The molecule has 0 aliphatic heterocycles. The Kier molecular flexibility index (Phi) is 2.70. The molecule has 78 valence electrons. The molecule has 14 heavy (non-hydrogen) atoms. The van der Waals surface area contributed by atoms with E-state index in [0.717, 1.165) is 38.5 Å². The van der Waals surface area contributed by atoms with Gasteiger partial charge < -0.3 is 10.6 Å². The number of hydrogen-bond acceptors (Lipinski definition) is 2. The molecular weight excluding hydrogens is 180 g/mol. The number of carbonyl (C=O) groups excluding carboxylic acids is 2. The normalized spacial score (nSPS) is 22.0. The maximum Gasteiger partial charge on any atom is 0.309 e. The van der Waals surface area contributed by atoms with Gasteiger partial charge in [-0.25, -0.2) is 0 Å². The molecule has 0 aromatic carbocycles. The minimum atomic E-state index is -0.459. The summed E-state index contributed by atoms with van der Waals surface area (Å²) in [6.45, 7) is 0. The van der Waals surface area contributed by atoms with Gasteiger partial charge in [0.1, 0.15) is 0 Å². The Morgan fingerprint density at radius 2 is 1.21 bits per heavy atom. The summed E-state index contributed by atoms with van der Waals surface area (Å²) in [7, 11) is 0. The highest BCUT2D eigenvalue weighted by Gasteiger charge is 2.27. The molecule has 2 N–H and O–H groups in total. The Morgan fingerprint density at radius 1 is 0.786 bits per heavy atom. The fourth-order valence-corrected chi connectivity index (χ4v) is 1.80. The molecule has 2 aliphatic rings.